The van der Waals surface area contributed by atoms with E-state index in [0.717, 1.165) is 31.6 Å². The lowest BCUT2D eigenvalue weighted by molar-refractivity contribution is 0.159. The Morgan fingerprint density at radius 1 is 1.53 bits per heavy atom. The number of anilines is 1. The van der Waals surface area contributed by atoms with Crippen molar-refractivity contribution in [3.05, 3.63) is 23.9 Å². The van der Waals surface area contributed by atoms with Crippen molar-refractivity contribution in [1.82, 2.24) is 10.3 Å². The summed E-state index contributed by atoms with van der Waals surface area (Å²) < 4.78 is 0. The molecule has 2 rings (SSSR count). The molecule has 1 aromatic rings. The minimum atomic E-state index is -0.242. The predicted molar refractivity (Wildman–Crippen MR) is 59.5 cm³/mol. The summed E-state index contributed by atoms with van der Waals surface area (Å²) in [7, 11) is 0. The van der Waals surface area contributed by atoms with Crippen molar-refractivity contribution in [2.24, 2.45) is 0 Å². The summed E-state index contributed by atoms with van der Waals surface area (Å²) in [5, 5.41) is 12.9. The van der Waals surface area contributed by atoms with E-state index in [0.29, 0.717) is 5.82 Å². The second-order valence-corrected chi connectivity index (χ2v) is 4.17. The van der Waals surface area contributed by atoms with Gasteiger partial charge in [-0.2, -0.15) is 0 Å². The van der Waals surface area contributed by atoms with E-state index < -0.39 is 0 Å². The van der Waals surface area contributed by atoms with E-state index in [-0.39, 0.29) is 12.0 Å². The monoisotopic (exact) mass is 207 g/mol. The van der Waals surface area contributed by atoms with Crippen LogP contribution in [0.25, 0.3) is 0 Å². The van der Waals surface area contributed by atoms with Gasteiger partial charge in [0.2, 0.25) is 0 Å². The molecule has 4 nitrogen and oxygen atoms in total. The molecular weight excluding hydrogens is 190 g/mol. The quantitative estimate of drug-likeness (QED) is 0.651. The number of pyridine rings is 1. The third-order valence-corrected chi connectivity index (χ3v) is 3.09. The molecule has 1 aliphatic rings. The Morgan fingerprint density at radius 3 is 3.00 bits per heavy atom. The number of aliphatic hydroxyl groups is 1. The number of rotatable bonds is 2. The molecule has 1 saturated heterocycles. The van der Waals surface area contributed by atoms with Gasteiger partial charge < -0.3 is 16.2 Å². The van der Waals surface area contributed by atoms with Gasteiger partial charge in [0, 0.05) is 12.0 Å². The first-order valence-corrected chi connectivity index (χ1v) is 5.31. The zero-order chi connectivity index (χ0) is 10.7. The molecule has 2 heterocycles. The summed E-state index contributed by atoms with van der Waals surface area (Å²) in [5.41, 5.74) is 6.32. The summed E-state index contributed by atoms with van der Waals surface area (Å²) in [6.07, 6.45) is 2.03. The van der Waals surface area contributed by atoms with Gasteiger partial charge in [0.25, 0.3) is 0 Å². The number of hydrogen-bond acceptors (Lipinski definition) is 4. The maximum atomic E-state index is 9.57. The zero-order valence-electron chi connectivity index (χ0n) is 8.74. The minimum absolute atomic E-state index is 0.121. The summed E-state index contributed by atoms with van der Waals surface area (Å²) in [6.45, 7) is 1.92. The van der Waals surface area contributed by atoms with Crippen molar-refractivity contribution in [2.45, 2.75) is 18.3 Å². The maximum absolute atomic E-state index is 9.57. The first-order valence-electron chi connectivity index (χ1n) is 5.31. The molecule has 0 saturated carbocycles. The molecule has 4 heteroatoms. The molecule has 0 bridgehead atoms. The van der Waals surface area contributed by atoms with Crippen LogP contribution in [0.2, 0.25) is 0 Å². The van der Waals surface area contributed by atoms with Crippen LogP contribution in [-0.2, 0) is 5.41 Å². The fourth-order valence-electron chi connectivity index (χ4n) is 2.15. The number of aromatic nitrogens is 1. The lowest BCUT2D eigenvalue weighted by Gasteiger charge is -2.35. The van der Waals surface area contributed by atoms with Gasteiger partial charge in [0.1, 0.15) is 5.82 Å². The number of aliphatic hydroxyl groups excluding tert-OH is 1. The molecule has 0 amide bonds. The van der Waals surface area contributed by atoms with Crippen LogP contribution in [0, 0.1) is 0 Å². The molecule has 1 aromatic heterocycles. The van der Waals surface area contributed by atoms with Crippen molar-refractivity contribution in [3.63, 3.8) is 0 Å². The highest BCUT2D eigenvalue weighted by atomic mass is 16.3. The maximum Gasteiger partial charge on any atom is 0.123 e. The number of nitrogen functional groups attached to an aromatic ring is 1. The highest BCUT2D eigenvalue weighted by Gasteiger charge is 2.34. The van der Waals surface area contributed by atoms with Gasteiger partial charge in [0.15, 0.2) is 0 Å². The van der Waals surface area contributed by atoms with Crippen LogP contribution in [-0.4, -0.2) is 29.8 Å². The van der Waals surface area contributed by atoms with Crippen LogP contribution in [0.5, 0.6) is 0 Å². The summed E-state index contributed by atoms with van der Waals surface area (Å²) >= 11 is 0. The van der Waals surface area contributed by atoms with Gasteiger partial charge in [-0.05, 0) is 31.5 Å². The predicted octanol–water partition coefficient (Wildman–Crippen LogP) is 0.277. The van der Waals surface area contributed by atoms with E-state index in [1.165, 1.54) is 0 Å². The molecule has 0 aliphatic carbocycles. The lowest BCUT2D eigenvalue weighted by Crippen LogP contribution is -2.46. The summed E-state index contributed by atoms with van der Waals surface area (Å²) in [4.78, 5) is 4.32. The largest absolute Gasteiger partial charge is 0.395 e. The fourth-order valence-corrected chi connectivity index (χ4v) is 2.15. The Balaban J connectivity index is 2.32. The SMILES string of the molecule is Nc1cccc(C2(CO)CCCNC2)n1. The topological polar surface area (TPSA) is 71.2 Å². The highest BCUT2D eigenvalue weighted by molar-refractivity contribution is 5.32. The minimum Gasteiger partial charge on any atom is -0.395 e. The molecule has 0 spiro atoms. The molecule has 1 atom stereocenters. The van der Waals surface area contributed by atoms with E-state index in [2.05, 4.69) is 10.3 Å². The van der Waals surface area contributed by atoms with Crippen molar-refractivity contribution in [2.75, 3.05) is 25.4 Å². The molecule has 15 heavy (non-hydrogen) atoms. The summed E-state index contributed by atoms with van der Waals surface area (Å²) in [5.74, 6) is 0.519. The molecule has 1 unspecified atom stereocenters. The van der Waals surface area contributed by atoms with Crippen molar-refractivity contribution in [1.29, 1.82) is 0 Å². The molecule has 1 fully saturated rings. The van der Waals surface area contributed by atoms with E-state index >= 15 is 0 Å². The molecular formula is C11H17N3O. The van der Waals surface area contributed by atoms with Crippen LogP contribution in [0.1, 0.15) is 18.5 Å². The number of hydrogen-bond donors (Lipinski definition) is 3. The van der Waals surface area contributed by atoms with Crippen LogP contribution in [0.3, 0.4) is 0 Å². The van der Waals surface area contributed by atoms with E-state index in [9.17, 15) is 5.11 Å². The van der Waals surface area contributed by atoms with Gasteiger partial charge in [-0.15, -0.1) is 0 Å². The molecule has 0 radical (unpaired) electrons. The fraction of sp³-hybridized carbons (Fsp3) is 0.545. The van der Waals surface area contributed by atoms with Gasteiger partial charge in [0.05, 0.1) is 12.3 Å². The molecule has 82 valence electrons. The van der Waals surface area contributed by atoms with Crippen LogP contribution in [0.15, 0.2) is 18.2 Å². The average molecular weight is 207 g/mol. The number of nitrogens with zero attached hydrogens (tertiary/aromatic N) is 1. The van der Waals surface area contributed by atoms with Crippen LogP contribution < -0.4 is 11.1 Å². The van der Waals surface area contributed by atoms with Gasteiger partial charge in [-0.25, -0.2) is 4.98 Å². The Kier molecular flexibility index (Phi) is 2.88. The molecule has 4 N–H and O–H groups in total. The highest BCUT2D eigenvalue weighted by Crippen LogP contribution is 2.29. The zero-order valence-corrected chi connectivity index (χ0v) is 8.74. The van der Waals surface area contributed by atoms with Gasteiger partial charge in [-0.3, -0.25) is 0 Å². The normalized spacial score (nSPS) is 26.5. The van der Waals surface area contributed by atoms with Crippen molar-refractivity contribution < 1.29 is 5.11 Å². The third kappa shape index (κ3) is 1.96. The standard InChI is InChI=1S/C11H17N3O/c12-10-4-1-3-9(14-10)11(8-15)5-2-6-13-7-11/h1,3-4,13,15H,2,5-8H2,(H2,12,14). The van der Waals surface area contributed by atoms with E-state index in [1.54, 1.807) is 6.07 Å². The first-order chi connectivity index (χ1) is 7.27. The second kappa shape index (κ2) is 4.16. The third-order valence-electron chi connectivity index (χ3n) is 3.09. The van der Waals surface area contributed by atoms with E-state index in [4.69, 9.17) is 5.73 Å². The van der Waals surface area contributed by atoms with Crippen LogP contribution in [0.4, 0.5) is 5.82 Å². The van der Waals surface area contributed by atoms with E-state index in [1.807, 2.05) is 12.1 Å². The van der Waals surface area contributed by atoms with Gasteiger partial charge in [-0.1, -0.05) is 6.07 Å². The number of nitrogens with one attached hydrogen (secondary N) is 1. The summed E-state index contributed by atoms with van der Waals surface area (Å²) in [6, 6.07) is 5.61. The molecule has 1 aliphatic heterocycles. The van der Waals surface area contributed by atoms with Crippen molar-refractivity contribution >= 4 is 5.82 Å². The van der Waals surface area contributed by atoms with Gasteiger partial charge >= 0.3 is 0 Å². The number of piperidine rings is 1. The van der Waals surface area contributed by atoms with Crippen LogP contribution >= 0.6 is 0 Å². The number of nitrogens with two attached hydrogens (primary N) is 1. The lowest BCUT2D eigenvalue weighted by atomic mass is 9.78. The smallest absolute Gasteiger partial charge is 0.123 e. The Labute approximate surface area is 89.5 Å². The molecule has 0 aromatic carbocycles. The average Bonchev–Trinajstić information content (AvgIpc) is 2.30. The Morgan fingerprint density at radius 2 is 2.40 bits per heavy atom. The first kappa shape index (κ1) is 10.4. The second-order valence-electron chi connectivity index (χ2n) is 4.17. The Hall–Kier alpha value is -1.13. The Bertz CT molecular complexity index is 334. The van der Waals surface area contributed by atoms with Crippen molar-refractivity contribution in [3.8, 4) is 0 Å².